The molecule has 6 rings (SSSR count). The molecule has 144 valence electrons. The number of carbonyl (C=O) groups excluding carboxylic acids is 1. The molecule has 4 aliphatic rings. The van der Waals surface area contributed by atoms with E-state index in [1.807, 2.05) is 0 Å². The molecule has 2 aromatic rings. The van der Waals surface area contributed by atoms with Gasteiger partial charge in [0.15, 0.2) is 0 Å². The first-order valence-corrected chi connectivity index (χ1v) is 11.2. The lowest BCUT2D eigenvalue weighted by molar-refractivity contribution is 0.0588. The van der Waals surface area contributed by atoms with E-state index in [4.69, 9.17) is 0 Å². The van der Waals surface area contributed by atoms with Crippen LogP contribution < -0.4 is 0 Å². The number of H-pyrrole nitrogens is 1. The van der Waals surface area contributed by atoms with Crippen LogP contribution in [0.25, 0.3) is 0 Å². The average molecular weight is 385 g/mol. The fraction of sp³-hybridized carbons (Fsp3) is 0.619. The van der Waals surface area contributed by atoms with Gasteiger partial charge in [-0.1, -0.05) is 0 Å². The Kier molecular flexibility index (Phi) is 4.56. The Balaban J connectivity index is 1.35. The normalized spacial score (nSPS) is 25.4. The second-order valence-corrected chi connectivity index (χ2v) is 9.38. The molecule has 2 bridgehead atoms. The second-order valence-electron chi connectivity index (χ2n) is 8.50. The van der Waals surface area contributed by atoms with Crippen molar-refractivity contribution < 1.29 is 4.79 Å². The highest BCUT2D eigenvalue weighted by Crippen LogP contribution is 2.34. The lowest BCUT2D eigenvalue weighted by Gasteiger charge is -2.36. The lowest BCUT2D eigenvalue weighted by atomic mass is 9.92. The van der Waals surface area contributed by atoms with E-state index in [9.17, 15) is 4.79 Å². The first-order chi connectivity index (χ1) is 13.2. The van der Waals surface area contributed by atoms with Crippen molar-refractivity contribution in [3.8, 4) is 0 Å². The van der Waals surface area contributed by atoms with Crippen molar-refractivity contribution in [2.75, 3.05) is 19.6 Å². The van der Waals surface area contributed by atoms with E-state index in [1.54, 1.807) is 17.7 Å². The molecule has 1 aliphatic carbocycles. The minimum Gasteiger partial charge on any atom is -0.348 e. The zero-order chi connectivity index (χ0) is 18.4. The Bertz CT molecular complexity index is 841. The van der Waals surface area contributed by atoms with Gasteiger partial charge in [0.2, 0.25) is 0 Å². The third-order valence-electron chi connectivity index (χ3n) is 6.66. The number of imidazole rings is 1. The summed E-state index contributed by atoms with van der Waals surface area (Å²) in [5.41, 5.74) is 5.09. The van der Waals surface area contributed by atoms with Crippen LogP contribution in [-0.4, -0.2) is 51.4 Å². The summed E-state index contributed by atoms with van der Waals surface area (Å²) >= 11 is 1.69. The van der Waals surface area contributed by atoms with Crippen molar-refractivity contribution in [1.82, 2.24) is 19.8 Å². The van der Waals surface area contributed by atoms with Crippen molar-refractivity contribution in [3.05, 3.63) is 39.1 Å². The number of piperidine rings is 1. The molecule has 0 saturated carbocycles. The van der Waals surface area contributed by atoms with Crippen molar-refractivity contribution in [3.63, 3.8) is 0 Å². The van der Waals surface area contributed by atoms with Crippen molar-refractivity contribution >= 4 is 17.2 Å². The third-order valence-corrected chi connectivity index (χ3v) is 7.71. The van der Waals surface area contributed by atoms with Gasteiger partial charge in [0, 0.05) is 37.9 Å². The fourth-order valence-corrected chi connectivity index (χ4v) is 6.26. The van der Waals surface area contributed by atoms with E-state index >= 15 is 0 Å². The van der Waals surface area contributed by atoms with E-state index in [-0.39, 0.29) is 0 Å². The molecule has 0 spiro atoms. The number of thiophene rings is 1. The van der Waals surface area contributed by atoms with Crippen molar-refractivity contribution in [1.29, 1.82) is 0 Å². The lowest BCUT2D eigenvalue weighted by Crippen LogP contribution is -2.47. The number of nitrogens with zero attached hydrogens (tertiary/aromatic N) is 3. The Labute approximate surface area is 164 Å². The molecule has 0 aromatic carbocycles. The molecule has 6 heteroatoms. The molecule has 3 saturated heterocycles. The minimum atomic E-state index is 0.302. The van der Waals surface area contributed by atoms with Gasteiger partial charge in [0.1, 0.15) is 0 Å². The summed E-state index contributed by atoms with van der Waals surface area (Å²) in [4.78, 5) is 26.9. The number of aromatic amines is 1. The minimum absolute atomic E-state index is 0.302. The molecular formula is C21H28N4OS. The number of amides is 1. The number of nitrogens with one attached hydrogen (secondary N) is 1. The highest BCUT2D eigenvalue weighted by Gasteiger charge is 2.38. The molecule has 1 amide bonds. The van der Waals surface area contributed by atoms with Crippen LogP contribution in [0.2, 0.25) is 0 Å². The molecule has 3 aliphatic heterocycles. The summed E-state index contributed by atoms with van der Waals surface area (Å²) in [6.45, 7) is 5.95. The Morgan fingerprint density at radius 3 is 3.00 bits per heavy atom. The van der Waals surface area contributed by atoms with E-state index in [1.165, 1.54) is 30.4 Å². The number of carbonyl (C=O) groups is 1. The predicted molar refractivity (Wildman–Crippen MR) is 107 cm³/mol. The maximum atomic E-state index is 13.5. The van der Waals surface area contributed by atoms with Gasteiger partial charge in [-0.3, -0.25) is 9.69 Å². The second kappa shape index (κ2) is 7.06. The van der Waals surface area contributed by atoms with E-state index in [0.29, 0.717) is 17.9 Å². The van der Waals surface area contributed by atoms with Gasteiger partial charge in [0.25, 0.3) is 5.91 Å². The standard InChI is InChI=1S/C21H28N4OS/c1-14-19(23-13-22-14)11-24-8-15-6-7-17(10-24)25(9-15)21(26)20-18-5-3-2-4-16(18)12-27-20/h12-13,15,17H,2-11H2,1H3,(H,22,23)/t15-,17+/m1/s1. The third kappa shape index (κ3) is 3.23. The molecule has 5 nitrogen and oxygen atoms in total. The highest BCUT2D eigenvalue weighted by molar-refractivity contribution is 7.12. The molecule has 2 aromatic heterocycles. The summed E-state index contributed by atoms with van der Waals surface area (Å²) in [6.07, 6.45) is 8.91. The quantitative estimate of drug-likeness (QED) is 0.882. The van der Waals surface area contributed by atoms with E-state index in [2.05, 4.69) is 32.1 Å². The van der Waals surface area contributed by atoms with Crippen LogP contribution in [-0.2, 0) is 19.4 Å². The monoisotopic (exact) mass is 384 g/mol. The Hall–Kier alpha value is -1.66. The summed E-state index contributed by atoms with van der Waals surface area (Å²) in [6, 6.07) is 0.344. The van der Waals surface area contributed by atoms with Crippen LogP contribution in [0.5, 0.6) is 0 Å². The molecule has 5 heterocycles. The zero-order valence-corrected chi connectivity index (χ0v) is 16.9. The Morgan fingerprint density at radius 2 is 2.15 bits per heavy atom. The maximum absolute atomic E-state index is 13.5. The topological polar surface area (TPSA) is 52.2 Å². The summed E-state index contributed by atoms with van der Waals surface area (Å²) < 4.78 is 0. The van der Waals surface area contributed by atoms with Crippen LogP contribution in [0, 0.1) is 12.8 Å². The van der Waals surface area contributed by atoms with Crippen LogP contribution in [0.1, 0.15) is 57.9 Å². The van der Waals surface area contributed by atoms with E-state index < -0.39 is 0 Å². The molecule has 0 unspecified atom stereocenters. The molecule has 1 N–H and O–H groups in total. The van der Waals surface area contributed by atoms with Gasteiger partial charge in [0.05, 0.1) is 16.9 Å². The van der Waals surface area contributed by atoms with Crippen molar-refractivity contribution in [2.24, 2.45) is 5.92 Å². The van der Waals surface area contributed by atoms with Gasteiger partial charge in [-0.2, -0.15) is 0 Å². The largest absolute Gasteiger partial charge is 0.348 e. The first-order valence-electron chi connectivity index (χ1n) is 10.3. The van der Waals surface area contributed by atoms with Crippen LogP contribution >= 0.6 is 11.3 Å². The van der Waals surface area contributed by atoms with Gasteiger partial charge in [-0.25, -0.2) is 4.98 Å². The van der Waals surface area contributed by atoms with Gasteiger partial charge < -0.3 is 9.88 Å². The van der Waals surface area contributed by atoms with Crippen molar-refractivity contribution in [2.45, 2.75) is 58.0 Å². The van der Waals surface area contributed by atoms with Crippen LogP contribution in [0.4, 0.5) is 0 Å². The predicted octanol–water partition coefficient (Wildman–Crippen LogP) is 3.40. The molecule has 27 heavy (non-hydrogen) atoms. The number of aromatic nitrogens is 2. The van der Waals surface area contributed by atoms with Gasteiger partial charge >= 0.3 is 0 Å². The number of rotatable bonds is 3. The number of fused-ring (bicyclic) bond motifs is 5. The molecular weight excluding hydrogens is 356 g/mol. The summed E-state index contributed by atoms with van der Waals surface area (Å²) in [5.74, 6) is 0.887. The summed E-state index contributed by atoms with van der Waals surface area (Å²) in [5, 5.41) is 2.24. The zero-order valence-electron chi connectivity index (χ0n) is 16.0. The number of hydrogen-bond acceptors (Lipinski definition) is 4. The first kappa shape index (κ1) is 17.4. The smallest absolute Gasteiger partial charge is 0.264 e. The molecule has 3 fully saturated rings. The van der Waals surface area contributed by atoms with E-state index in [0.717, 1.165) is 61.7 Å². The van der Waals surface area contributed by atoms with Gasteiger partial charge in [-0.05, 0) is 67.9 Å². The highest BCUT2D eigenvalue weighted by atomic mass is 32.1. The SMILES string of the molecule is Cc1[nH]cnc1CN1C[C@H]2CC[C@@H](C1)N(C(=O)c1scc3c1CCCC3)C2. The van der Waals surface area contributed by atoms with Crippen LogP contribution in [0.15, 0.2) is 11.7 Å². The molecule has 2 atom stereocenters. The van der Waals surface area contributed by atoms with Gasteiger partial charge in [-0.15, -0.1) is 11.3 Å². The average Bonchev–Trinajstić information content (AvgIpc) is 3.17. The molecule has 0 radical (unpaired) electrons. The van der Waals surface area contributed by atoms with Crippen LogP contribution in [0.3, 0.4) is 0 Å². The maximum Gasteiger partial charge on any atom is 0.264 e. The fourth-order valence-electron chi connectivity index (χ4n) is 5.14. The Morgan fingerprint density at radius 1 is 1.26 bits per heavy atom. The number of hydrogen-bond donors (Lipinski definition) is 1. The number of aryl methyl sites for hydroxylation is 2. The summed E-state index contributed by atoms with van der Waals surface area (Å²) in [7, 11) is 0.